The topological polar surface area (TPSA) is 123 Å². The summed E-state index contributed by atoms with van der Waals surface area (Å²) in [6.07, 6.45) is 5.40. The van der Waals surface area contributed by atoms with Crippen LogP contribution in [-0.2, 0) is 16.1 Å². The molecular weight excluding hydrogens is 480 g/mol. The zero-order valence-corrected chi connectivity index (χ0v) is 22.4. The number of nitrogens with zero attached hydrogens (tertiary/aromatic N) is 4. The molecule has 4 rings (SSSR count). The largest absolute Gasteiger partial charge is 0.387 e. The molecule has 9 nitrogen and oxygen atoms in total. The van der Waals surface area contributed by atoms with Gasteiger partial charge in [-0.2, -0.15) is 0 Å². The first kappa shape index (κ1) is 26.8. The van der Waals surface area contributed by atoms with E-state index in [9.17, 15) is 14.4 Å². The highest BCUT2D eigenvalue weighted by Crippen LogP contribution is 2.35. The fourth-order valence-electron chi connectivity index (χ4n) is 4.72. The van der Waals surface area contributed by atoms with Crippen molar-refractivity contribution in [1.82, 2.24) is 19.8 Å². The Kier molecular flexibility index (Phi) is 8.05. The third kappa shape index (κ3) is 5.51. The minimum Gasteiger partial charge on any atom is -0.387 e. The van der Waals surface area contributed by atoms with Gasteiger partial charge in [0, 0.05) is 37.7 Å². The Morgan fingerprint density at radius 2 is 1.84 bits per heavy atom. The molecule has 38 heavy (non-hydrogen) atoms. The van der Waals surface area contributed by atoms with Gasteiger partial charge in [0.05, 0.1) is 22.9 Å². The van der Waals surface area contributed by atoms with Crippen LogP contribution in [0.2, 0.25) is 0 Å². The van der Waals surface area contributed by atoms with E-state index in [1.54, 1.807) is 6.07 Å². The van der Waals surface area contributed by atoms with Crippen molar-refractivity contribution in [3.05, 3.63) is 63.7 Å². The van der Waals surface area contributed by atoms with Gasteiger partial charge in [0.1, 0.15) is 12.4 Å². The molecule has 3 N–H and O–H groups in total. The molecule has 3 aromatic rings. The molecule has 0 unspecified atom stereocenters. The Morgan fingerprint density at radius 3 is 2.53 bits per heavy atom. The fraction of sp³-hybridized carbons (Fsp3) is 0.345. The van der Waals surface area contributed by atoms with Crippen molar-refractivity contribution in [2.45, 2.75) is 46.6 Å². The van der Waals surface area contributed by atoms with Crippen molar-refractivity contribution in [3.63, 3.8) is 0 Å². The maximum absolute atomic E-state index is 13.3. The van der Waals surface area contributed by atoms with Gasteiger partial charge in [-0.25, -0.2) is 9.98 Å². The number of amidine groups is 1. The molecule has 1 aliphatic heterocycles. The first-order chi connectivity index (χ1) is 18.2. The highest BCUT2D eigenvalue weighted by atomic mass is 16.2. The van der Waals surface area contributed by atoms with E-state index in [1.165, 1.54) is 17.9 Å². The monoisotopic (exact) mass is 514 g/mol. The third-order valence-corrected chi connectivity index (χ3v) is 6.62. The predicted octanol–water partition coefficient (Wildman–Crippen LogP) is 3.54. The van der Waals surface area contributed by atoms with Crippen LogP contribution in [0.15, 0.2) is 52.0 Å². The van der Waals surface area contributed by atoms with Crippen LogP contribution in [0.5, 0.6) is 0 Å². The molecule has 0 spiro atoms. The number of carbonyl (C=O) groups excluding carboxylic acids is 2. The highest BCUT2D eigenvalue weighted by Gasteiger charge is 2.22. The lowest BCUT2D eigenvalue weighted by atomic mass is 9.96. The number of carbonyl (C=O) groups is 2. The average Bonchev–Trinajstić information content (AvgIpc) is 3.07. The van der Waals surface area contributed by atoms with E-state index < -0.39 is 0 Å². The SMILES string of the molecule is CCCN(CCC)C(=O)C1=Cc2c(C)cc(-c3ccc4c(=O)n(CC(=O)NC)cnc4c3)cc2N=C(N)C1. The Hall–Kier alpha value is -4.27. The Balaban J connectivity index is 1.73. The number of rotatable bonds is 8. The van der Waals surface area contributed by atoms with Gasteiger partial charge in [0.2, 0.25) is 11.8 Å². The van der Waals surface area contributed by atoms with Crippen molar-refractivity contribution in [2.75, 3.05) is 20.1 Å². The molecule has 1 aromatic heterocycles. The number of amides is 2. The zero-order valence-electron chi connectivity index (χ0n) is 22.4. The second-order valence-electron chi connectivity index (χ2n) is 9.55. The van der Waals surface area contributed by atoms with E-state index in [-0.39, 0.29) is 23.9 Å². The number of aromatic nitrogens is 2. The normalized spacial score (nSPS) is 12.8. The second kappa shape index (κ2) is 11.4. The van der Waals surface area contributed by atoms with Gasteiger partial charge in [-0.15, -0.1) is 0 Å². The van der Waals surface area contributed by atoms with E-state index in [2.05, 4.69) is 29.1 Å². The van der Waals surface area contributed by atoms with E-state index >= 15 is 0 Å². The van der Waals surface area contributed by atoms with Crippen molar-refractivity contribution in [3.8, 4) is 11.1 Å². The lowest BCUT2D eigenvalue weighted by Crippen LogP contribution is -2.34. The zero-order chi connectivity index (χ0) is 27.4. The standard InChI is InChI=1S/C29H34N6O3/c1-5-9-34(10-6-2)28(37)21-12-23-18(3)11-20(14-25(23)33-26(30)15-21)19-7-8-22-24(13-19)32-17-35(29(22)38)16-27(36)31-4/h7-8,11-14,17H,5-6,9-10,15-16H2,1-4H3,(H2,30,33)(H,31,36). The second-order valence-corrected chi connectivity index (χ2v) is 9.55. The molecule has 0 bridgehead atoms. The van der Waals surface area contributed by atoms with Gasteiger partial charge in [-0.3, -0.25) is 19.0 Å². The molecule has 2 amide bonds. The number of nitrogens with two attached hydrogens (primary N) is 1. The Morgan fingerprint density at radius 1 is 1.11 bits per heavy atom. The molecule has 0 atom stereocenters. The van der Waals surface area contributed by atoms with Gasteiger partial charge in [-0.1, -0.05) is 26.0 Å². The summed E-state index contributed by atoms with van der Waals surface area (Å²) in [6.45, 7) is 7.45. The first-order valence-electron chi connectivity index (χ1n) is 12.9. The van der Waals surface area contributed by atoms with E-state index in [0.29, 0.717) is 47.5 Å². The summed E-state index contributed by atoms with van der Waals surface area (Å²) in [7, 11) is 1.52. The van der Waals surface area contributed by atoms with Crippen LogP contribution in [0, 0.1) is 6.92 Å². The van der Waals surface area contributed by atoms with Crippen LogP contribution in [0.4, 0.5) is 5.69 Å². The number of nitrogens with one attached hydrogen (secondary N) is 1. The third-order valence-electron chi connectivity index (χ3n) is 6.62. The maximum atomic E-state index is 13.3. The van der Waals surface area contributed by atoms with Gasteiger partial charge in [-0.05, 0) is 60.7 Å². The molecule has 0 saturated carbocycles. The Bertz CT molecular complexity index is 1510. The summed E-state index contributed by atoms with van der Waals surface area (Å²) in [5.74, 6) is 0.128. The summed E-state index contributed by atoms with van der Waals surface area (Å²) in [5, 5.41) is 2.95. The fourth-order valence-corrected chi connectivity index (χ4v) is 4.72. The van der Waals surface area contributed by atoms with E-state index in [4.69, 9.17) is 5.73 Å². The maximum Gasteiger partial charge on any atom is 0.261 e. The molecule has 1 aliphatic rings. The number of likely N-dealkylation sites (N-methyl/N-ethyl adjacent to an activating group) is 1. The van der Waals surface area contributed by atoms with Crippen LogP contribution >= 0.6 is 0 Å². The summed E-state index contributed by atoms with van der Waals surface area (Å²) in [4.78, 5) is 48.8. The minimum atomic E-state index is -0.275. The van der Waals surface area contributed by atoms with Crippen molar-refractivity contribution in [1.29, 1.82) is 0 Å². The average molecular weight is 515 g/mol. The Labute approximate surface area is 222 Å². The molecule has 2 heterocycles. The molecule has 198 valence electrons. The van der Waals surface area contributed by atoms with Crippen molar-refractivity contribution < 1.29 is 9.59 Å². The van der Waals surface area contributed by atoms with Gasteiger partial charge >= 0.3 is 0 Å². The van der Waals surface area contributed by atoms with Gasteiger partial charge in [0.15, 0.2) is 0 Å². The molecular formula is C29H34N6O3. The summed E-state index contributed by atoms with van der Waals surface area (Å²) < 4.78 is 1.29. The first-order valence-corrected chi connectivity index (χ1v) is 12.9. The number of hydrogen-bond acceptors (Lipinski definition) is 6. The summed E-state index contributed by atoms with van der Waals surface area (Å²) in [5.41, 5.74) is 11.5. The van der Waals surface area contributed by atoms with Crippen LogP contribution in [0.3, 0.4) is 0 Å². The number of hydrogen-bond donors (Lipinski definition) is 2. The van der Waals surface area contributed by atoms with Crippen LogP contribution in [0.25, 0.3) is 28.1 Å². The van der Waals surface area contributed by atoms with E-state index in [1.807, 2.05) is 42.2 Å². The van der Waals surface area contributed by atoms with E-state index in [0.717, 1.165) is 35.1 Å². The molecule has 0 saturated heterocycles. The molecule has 0 radical (unpaired) electrons. The lowest BCUT2D eigenvalue weighted by Gasteiger charge is -2.22. The summed E-state index contributed by atoms with van der Waals surface area (Å²) in [6, 6.07) is 9.43. The highest BCUT2D eigenvalue weighted by molar-refractivity contribution is 6.06. The quantitative estimate of drug-likeness (QED) is 0.476. The van der Waals surface area contributed by atoms with Gasteiger partial charge < -0.3 is 16.0 Å². The predicted molar refractivity (Wildman–Crippen MR) is 151 cm³/mol. The number of fused-ring (bicyclic) bond motifs is 2. The van der Waals surface area contributed by atoms with Crippen LogP contribution < -0.4 is 16.6 Å². The number of aryl methyl sites for hydroxylation is 1. The number of aliphatic imine (C=N–C) groups is 1. The molecule has 0 fully saturated rings. The molecule has 2 aromatic carbocycles. The van der Waals surface area contributed by atoms with Crippen LogP contribution in [-0.4, -0.2) is 52.2 Å². The van der Waals surface area contributed by atoms with Crippen molar-refractivity contribution >= 4 is 40.3 Å². The summed E-state index contributed by atoms with van der Waals surface area (Å²) >= 11 is 0. The van der Waals surface area contributed by atoms with Crippen LogP contribution in [0.1, 0.15) is 44.2 Å². The lowest BCUT2D eigenvalue weighted by molar-refractivity contribution is -0.127. The smallest absolute Gasteiger partial charge is 0.261 e. The molecule has 9 heteroatoms. The van der Waals surface area contributed by atoms with Gasteiger partial charge in [0.25, 0.3) is 5.56 Å². The molecule has 0 aliphatic carbocycles. The minimum absolute atomic E-state index is 0.00542. The van der Waals surface area contributed by atoms with Crippen molar-refractivity contribution in [2.24, 2.45) is 10.7 Å². The number of benzene rings is 2.